The summed E-state index contributed by atoms with van der Waals surface area (Å²) in [5.74, 6) is -0.265. The highest BCUT2D eigenvalue weighted by Gasteiger charge is 2.14. The van der Waals surface area contributed by atoms with E-state index in [1.807, 2.05) is 0 Å². The van der Waals surface area contributed by atoms with Crippen molar-refractivity contribution < 1.29 is 18.7 Å². The van der Waals surface area contributed by atoms with Crippen LogP contribution in [0.2, 0.25) is 0 Å². The number of hydrogen-bond acceptors (Lipinski definition) is 5. The quantitative estimate of drug-likeness (QED) is 0.623. The Bertz CT molecular complexity index is 615. The molecule has 0 atom stereocenters. The molecule has 1 heterocycles. The number of aromatic nitrogens is 1. The van der Waals surface area contributed by atoms with Gasteiger partial charge < -0.3 is 9.15 Å². The van der Waals surface area contributed by atoms with E-state index in [9.17, 15) is 9.59 Å². The summed E-state index contributed by atoms with van der Waals surface area (Å²) in [5.41, 5.74) is 1.21. The lowest BCUT2D eigenvalue weighted by atomic mass is 10.1. The monoisotopic (exact) mass is 259 g/mol. The molecule has 0 bridgehead atoms. The second-order valence-electron chi connectivity index (χ2n) is 3.89. The predicted octanol–water partition coefficient (Wildman–Crippen LogP) is 2.72. The van der Waals surface area contributed by atoms with E-state index in [2.05, 4.69) is 4.98 Å². The third-order valence-electron chi connectivity index (χ3n) is 2.50. The van der Waals surface area contributed by atoms with E-state index in [0.29, 0.717) is 11.1 Å². The molecule has 0 unspecified atom stereocenters. The van der Waals surface area contributed by atoms with Gasteiger partial charge in [0.15, 0.2) is 5.78 Å². The van der Waals surface area contributed by atoms with Crippen LogP contribution in [-0.2, 0) is 4.74 Å². The first-order valence-electron chi connectivity index (χ1n) is 5.86. The minimum atomic E-state index is -0.552. The molecule has 0 aliphatic rings. The zero-order valence-electron chi connectivity index (χ0n) is 10.7. The minimum absolute atomic E-state index is 0.0426. The van der Waals surface area contributed by atoms with E-state index in [1.54, 1.807) is 31.2 Å². The van der Waals surface area contributed by atoms with Crippen molar-refractivity contribution in [2.24, 2.45) is 0 Å². The summed E-state index contributed by atoms with van der Waals surface area (Å²) in [5, 5.41) is 0. The first-order chi connectivity index (χ1) is 9.11. The molecule has 0 radical (unpaired) electrons. The van der Waals surface area contributed by atoms with Crippen LogP contribution in [0.15, 0.2) is 34.9 Å². The Labute approximate surface area is 110 Å². The smallest absolute Gasteiger partial charge is 0.375 e. The van der Waals surface area contributed by atoms with Crippen LogP contribution >= 0.6 is 0 Å². The van der Waals surface area contributed by atoms with E-state index in [4.69, 9.17) is 9.15 Å². The summed E-state index contributed by atoms with van der Waals surface area (Å²) >= 11 is 0. The third-order valence-corrected chi connectivity index (χ3v) is 2.50. The Morgan fingerprint density at radius 3 is 2.84 bits per heavy atom. The van der Waals surface area contributed by atoms with Gasteiger partial charge in [-0.15, -0.1) is 0 Å². The molecule has 2 rings (SSSR count). The maximum absolute atomic E-state index is 11.5. The van der Waals surface area contributed by atoms with Crippen molar-refractivity contribution in [3.05, 3.63) is 41.8 Å². The van der Waals surface area contributed by atoms with Crippen molar-refractivity contribution >= 4 is 11.8 Å². The Hall–Kier alpha value is -2.43. The third kappa shape index (κ3) is 2.88. The number of Topliss-reactive ketones (excluding diaryl/α,β-unsaturated/α-hetero) is 1. The van der Waals surface area contributed by atoms with Crippen molar-refractivity contribution in [3.63, 3.8) is 0 Å². The lowest BCUT2D eigenvalue weighted by molar-refractivity contribution is 0.0491. The van der Waals surface area contributed by atoms with Gasteiger partial charge in [-0.3, -0.25) is 4.79 Å². The number of rotatable bonds is 4. The molecule has 1 aromatic heterocycles. The molecular formula is C14H13NO4. The Balaban J connectivity index is 2.30. The van der Waals surface area contributed by atoms with Gasteiger partial charge in [-0.05, 0) is 26.0 Å². The average molecular weight is 259 g/mol. The molecule has 0 fully saturated rings. The Kier molecular flexibility index (Phi) is 3.75. The molecule has 98 valence electrons. The fourth-order valence-corrected chi connectivity index (χ4v) is 1.58. The summed E-state index contributed by atoms with van der Waals surface area (Å²) in [6, 6.07) is 6.87. The lowest BCUT2D eigenvalue weighted by Crippen LogP contribution is -2.02. The van der Waals surface area contributed by atoms with Gasteiger partial charge in [0.05, 0.1) is 12.8 Å². The van der Waals surface area contributed by atoms with Crippen molar-refractivity contribution in [3.8, 4) is 11.5 Å². The molecule has 0 spiro atoms. The highest BCUT2D eigenvalue weighted by atomic mass is 16.5. The van der Waals surface area contributed by atoms with Gasteiger partial charge in [0.2, 0.25) is 11.7 Å². The van der Waals surface area contributed by atoms with Crippen LogP contribution in [0.1, 0.15) is 34.8 Å². The van der Waals surface area contributed by atoms with E-state index in [-0.39, 0.29) is 24.0 Å². The maximum atomic E-state index is 11.5. The van der Waals surface area contributed by atoms with Crippen molar-refractivity contribution in [2.45, 2.75) is 13.8 Å². The highest BCUT2D eigenvalue weighted by molar-refractivity contribution is 5.95. The van der Waals surface area contributed by atoms with Gasteiger partial charge in [0.25, 0.3) is 0 Å². The van der Waals surface area contributed by atoms with Crippen LogP contribution in [0, 0.1) is 0 Å². The van der Waals surface area contributed by atoms with Gasteiger partial charge in [0.1, 0.15) is 0 Å². The summed E-state index contributed by atoms with van der Waals surface area (Å²) in [6.07, 6.45) is 1.31. The Morgan fingerprint density at radius 1 is 1.37 bits per heavy atom. The van der Waals surface area contributed by atoms with Crippen LogP contribution in [0.5, 0.6) is 0 Å². The second-order valence-corrected chi connectivity index (χ2v) is 3.89. The van der Waals surface area contributed by atoms with Crippen LogP contribution < -0.4 is 0 Å². The van der Waals surface area contributed by atoms with Crippen molar-refractivity contribution in [1.29, 1.82) is 0 Å². The van der Waals surface area contributed by atoms with E-state index in [1.165, 1.54) is 13.1 Å². The maximum Gasteiger partial charge on any atom is 0.375 e. The number of nitrogens with zero attached hydrogens (tertiary/aromatic N) is 1. The first kappa shape index (κ1) is 13.0. The molecule has 5 heteroatoms. The molecular weight excluding hydrogens is 246 g/mol. The zero-order chi connectivity index (χ0) is 13.8. The molecule has 0 aliphatic heterocycles. The molecule has 0 N–H and O–H groups in total. The number of ketones is 1. The summed E-state index contributed by atoms with van der Waals surface area (Å²) in [4.78, 5) is 26.8. The van der Waals surface area contributed by atoms with Crippen molar-refractivity contribution in [2.75, 3.05) is 6.61 Å². The normalized spacial score (nSPS) is 10.2. The largest absolute Gasteiger partial charge is 0.460 e. The first-order valence-corrected chi connectivity index (χ1v) is 5.86. The van der Waals surface area contributed by atoms with Crippen LogP contribution in [0.4, 0.5) is 0 Å². The number of oxazole rings is 1. The van der Waals surface area contributed by atoms with Gasteiger partial charge in [-0.1, -0.05) is 12.1 Å². The number of carbonyl (C=O) groups is 2. The fourth-order valence-electron chi connectivity index (χ4n) is 1.58. The topological polar surface area (TPSA) is 69.4 Å². The van der Waals surface area contributed by atoms with Crippen molar-refractivity contribution in [1.82, 2.24) is 4.98 Å². The number of hydrogen-bond donors (Lipinski definition) is 0. The fraction of sp³-hybridized carbons (Fsp3) is 0.214. The van der Waals surface area contributed by atoms with Crippen LogP contribution in [0.25, 0.3) is 11.5 Å². The van der Waals surface area contributed by atoms with E-state index in [0.717, 1.165) is 0 Å². The van der Waals surface area contributed by atoms with Gasteiger partial charge >= 0.3 is 5.97 Å². The summed E-state index contributed by atoms with van der Waals surface area (Å²) in [7, 11) is 0. The number of carbonyl (C=O) groups excluding carboxylic acids is 2. The molecule has 5 nitrogen and oxygen atoms in total. The molecule has 2 aromatic rings. The van der Waals surface area contributed by atoms with Crippen LogP contribution in [-0.4, -0.2) is 23.3 Å². The number of esters is 1. The number of ether oxygens (including phenoxy) is 1. The van der Waals surface area contributed by atoms with Crippen LogP contribution in [0.3, 0.4) is 0 Å². The Morgan fingerprint density at radius 2 is 2.16 bits per heavy atom. The molecule has 0 aliphatic carbocycles. The van der Waals surface area contributed by atoms with E-state index >= 15 is 0 Å². The summed E-state index contributed by atoms with van der Waals surface area (Å²) in [6.45, 7) is 3.47. The highest BCUT2D eigenvalue weighted by Crippen LogP contribution is 2.21. The zero-order valence-corrected chi connectivity index (χ0v) is 10.7. The molecule has 0 saturated heterocycles. The molecule has 19 heavy (non-hydrogen) atoms. The van der Waals surface area contributed by atoms with Gasteiger partial charge in [-0.2, -0.15) is 0 Å². The lowest BCUT2D eigenvalue weighted by Gasteiger charge is -1.99. The minimum Gasteiger partial charge on any atom is -0.460 e. The predicted molar refractivity (Wildman–Crippen MR) is 67.9 cm³/mol. The molecule has 0 amide bonds. The summed E-state index contributed by atoms with van der Waals surface area (Å²) < 4.78 is 10.1. The molecule has 0 saturated carbocycles. The number of benzene rings is 1. The standard InChI is InChI=1S/C14H13NO4/c1-3-18-14(17)12-8-15-13(19-12)11-6-4-5-10(7-11)9(2)16/h4-8H,3H2,1-2H3. The van der Waals surface area contributed by atoms with E-state index < -0.39 is 5.97 Å². The second kappa shape index (κ2) is 5.48. The molecule has 1 aromatic carbocycles. The average Bonchev–Trinajstić information content (AvgIpc) is 2.89. The van der Waals surface area contributed by atoms with Gasteiger partial charge in [-0.25, -0.2) is 9.78 Å². The SMILES string of the molecule is CCOC(=O)c1cnc(-c2cccc(C(C)=O)c2)o1. The van der Waals surface area contributed by atoms with Gasteiger partial charge in [0, 0.05) is 11.1 Å².